The number of halogens is 4. The monoisotopic (exact) mass is 437 g/mol. The third-order valence-electron chi connectivity index (χ3n) is 3.86. The van der Waals surface area contributed by atoms with Gasteiger partial charge in [-0.2, -0.15) is 13.2 Å². The number of rotatable bonds is 5. The van der Waals surface area contributed by atoms with Crippen molar-refractivity contribution in [2.75, 3.05) is 11.6 Å². The molecule has 2 aromatic carbocycles. The van der Waals surface area contributed by atoms with E-state index in [-0.39, 0.29) is 11.8 Å². The summed E-state index contributed by atoms with van der Waals surface area (Å²) in [6.07, 6.45) is -3.47. The highest BCUT2D eigenvalue weighted by molar-refractivity contribution is 7.98. The van der Waals surface area contributed by atoms with Crippen LogP contribution < -0.4 is 5.32 Å². The first kappa shape index (κ1) is 22.2. The number of anilines is 1. The van der Waals surface area contributed by atoms with Gasteiger partial charge in [-0.15, -0.1) is 11.8 Å². The molecule has 152 valence electrons. The van der Waals surface area contributed by atoms with Crippen LogP contribution in [-0.2, 0) is 14.6 Å². The van der Waals surface area contributed by atoms with Crippen molar-refractivity contribution in [1.29, 1.82) is 0 Å². The topological polar surface area (TPSA) is 83.5 Å². The van der Waals surface area contributed by atoms with Crippen molar-refractivity contribution < 1.29 is 35.9 Å². The van der Waals surface area contributed by atoms with Gasteiger partial charge in [0.05, 0.1) is 15.5 Å². The second-order valence-corrected chi connectivity index (χ2v) is 8.67. The third kappa shape index (κ3) is 4.31. The molecule has 0 aliphatic rings. The zero-order valence-corrected chi connectivity index (χ0v) is 16.2. The highest BCUT2D eigenvalue weighted by Gasteiger charge is 2.55. The number of sulfone groups is 1. The molecule has 0 heterocycles. The lowest BCUT2D eigenvalue weighted by atomic mass is 10.1. The number of carbonyl (C=O) groups is 1. The minimum Gasteiger partial charge on any atom is -0.373 e. The minimum atomic E-state index is -5.28. The van der Waals surface area contributed by atoms with Gasteiger partial charge in [-0.05, 0) is 55.6 Å². The van der Waals surface area contributed by atoms with Crippen LogP contribution in [-0.4, -0.2) is 37.5 Å². The first-order chi connectivity index (χ1) is 12.8. The number of amides is 1. The predicted molar refractivity (Wildman–Crippen MR) is 95.4 cm³/mol. The van der Waals surface area contributed by atoms with Gasteiger partial charge in [0.15, 0.2) is 0 Å². The summed E-state index contributed by atoms with van der Waals surface area (Å²) >= 11 is 1.40. The SMILES string of the molecule is CSc1ccc(S(=O)(=O)c2ccc(NC(=O)C(C)(O)C(F)(F)F)c(F)c2)cc1. The van der Waals surface area contributed by atoms with Crippen molar-refractivity contribution in [3.05, 3.63) is 48.3 Å². The minimum absolute atomic E-state index is 0.0958. The largest absolute Gasteiger partial charge is 0.426 e. The summed E-state index contributed by atoms with van der Waals surface area (Å²) in [6, 6.07) is 8.16. The first-order valence-electron chi connectivity index (χ1n) is 7.60. The second-order valence-electron chi connectivity index (χ2n) is 5.84. The number of aliphatic hydroxyl groups is 1. The molecule has 0 fully saturated rings. The Morgan fingerprint density at radius 2 is 1.61 bits per heavy atom. The maximum atomic E-state index is 14.2. The van der Waals surface area contributed by atoms with Crippen LogP contribution in [0.15, 0.2) is 57.2 Å². The molecule has 0 radical (unpaired) electrons. The molecule has 1 amide bonds. The molecule has 0 aliphatic heterocycles. The van der Waals surface area contributed by atoms with Gasteiger partial charge in [0.1, 0.15) is 5.82 Å². The zero-order chi connectivity index (χ0) is 21.3. The molecular weight excluding hydrogens is 422 g/mol. The molecule has 2 rings (SSSR count). The maximum Gasteiger partial charge on any atom is 0.426 e. The van der Waals surface area contributed by atoms with E-state index < -0.39 is 43.9 Å². The maximum absolute atomic E-state index is 14.2. The Morgan fingerprint density at radius 1 is 1.07 bits per heavy atom. The average molecular weight is 437 g/mol. The summed E-state index contributed by atoms with van der Waals surface area (Å²) < 4.78 is 77.3. The van der Waals surface area contributed by atoms with E-state index in [1.807, 2.05) is 6.26 Å². The Hall–Kier alpha value is -2.11. The molecular formula is C17H15F4NO4S2. The molecule has 0 aliphatic carbocycles. The summed E-state index contributed by atoms with van der Waals surface area (Å²) in [7, 11) is -4.07. The summed E-state index contributed by atoms with van der Waals surface area (Å²) in [4.78, 5) is 11.9. The van der Waals surface area contributed by atoms with E-state index in [0.29, 0.717) is 6.07 Å². The van der Waals surface area contributed by atoms with Crippen LogP contribution in [0.2, 0.25) is 0 Å². The predicted octanol–water partition coefficient (Wildman–Crippen LogP) is 3.63. The van der Waals surface area contributed by atoms with E-state index in [4.69, 9.17) is 0 Å². The normalized spacial score (nSPS) is 14.4. The van der Waals surface area contributed by atoms with Gasteiger partial charge in [0.25, 0.3) is 5.91 Å². The van der Waals surface area contributed by atoms with Crippen molar-refractivity contribution in [2.45, 2.75) is 33.4 Å². The second kappa shape index (κ2) is 7.72. The molecule has 28 heavy (non-hydrogen) atoms. The van der Waals surface area contributed by atoms with Crippen LogP contribution in [0.25, 0.3) is 0 Å². The molecule has 2 aromatic rings. The highest BCUT2D eigenvalue weighted by atomic mass is 32.2. The zero-order valence-electron chi connectivity index (χ0n) is 14.5. The summed E-state index contributed by atoms with van der Waals surface area (Å²) in [6.45, 7) is 0.220. The molecule has 0 saturated carbocycles. The lowest BCUT2D eigenvalue weighted by Gasteiger charge is -2.25. The van der Waals surface area contributed by atoms with Crippen LogP contribution in [0.5, 0.6) is 0 Å². The Balaban J connectivity index is 2.32. The van der Waals surface area contributed by atoms with Crippen molar-refractivity contribution in [3.63, 3.8) is 0 Å². The van der Waals surface area contributed by atoms with Gasteiger partial charge < -0.3 is 10.4 Å². The third-order valence-corrected chi connectivity index (χ3v) is 6.37. The smallest absolute Gasteiger partial charge is 0.373 e. The van der Waals surface area contributed by atoms with E-state index in [9.17, 15) is 35.9 Å². The number of alkyl halides is 3. The Labute approximate surface area is 162 Å². The van der Waals surface area contributed by atoms with Gasteiger partial charge in [0.2, 0.25) is 15.4 Å². The summed E-state index contributed by atoms with van der Waals surface area (Å²) in [5.74, 6) is -3.17. The molecule has 5 nitrogen and oxygen atoms in total. The fourth-order valence-electron chi connectivity index (χ4n) is 2.03. The molecule has 0 spiro atoms. The van der Waals surface area contributed by atoms with Crippen LogP contribution in [0.1, 0.15) is 6.92 Å². The fourth-order valence-corrected chi connectivity index (χ4v) is 3.71. The number of nitrogens with one attached hydrogen (secondary N) is 1. The fraction of sp³-hybridized carbons (Fsp3) is 0.235. The van der Waals surface area contributed by atoms with Crippen molar-refractivity contribution in [1.82, 2.24) is 0 Å². The molecule has 1 unspecified atom stereocenters. The van der Waals surface area contributed by atoms with Gasteiger partial charge in [-0.3, -0.25) is 4.79 Å². The van der Waals surface area contributed by atoms with Crippen LogP contribution in [0.4, 0.5) is 23.2 Å². The first-order valence-corrected chi connectivity index (χ1v) is 10.3. The standard InChI is InChI=1S/C17H15F4NO4S2/c1-16(24,17(19,20)21)15(23)22-14-8-7-12(9-13(14)18)28(25,26)11-5-3-10(27-2)4-6-11/h3-9,24H,1-2H3,(H,22,23). The van der Waals surface area contributed by atoms with Crippen LogP contribution >= 0.6 is 11.8 Å². The number of thioether (sulfide) groups is 1. The van der Waals surface area contributed by atoms with Gasteiger partial charge >= 0.3 is 6.18 Å². The van der Waals surface area contributed by atoms with Crippen molar-refractivity contribution in [2.24, 2.45) is 0 Å². The number of carbonyl (C=O) groups excluding carboxylic acids is 1. The van der Waals surface area contributed by atoms with Gasteiger partial charge in [-0.25, -0.2) is 12.8 Å². The number of hydrogen-bond acceptors (Lipinski definition) is 5. The van der Waals surface area contributed by atoms with E-state index in [0.717, 1.165) is 17.0 Å². The van der Waals surface area contributed by atoms with E-state index in [1.54, 1.807) is 17.4 Å². The molecule has 11 heteroatoms. The molecule has 1 atom stereocenters. The number of benzene rings is 2. The van der Waals surface area contributed by atoms with E-state index >= 15 is 0 Å². The lowest BCUT2D eigenvalue weighted by Crippen LogP contribution is -2.52. The van der Waals surface area contributed by atoms with Crippen LogP contribution in [0, 0.1) is 5.82 Å². The Kier molecular flexibility index (Phi) is 6.12. The van der Waals surface area contributed by atoms with Crippen molar-refractivity contribution in [3.8, 4) is 0 Å². The van der Waals surface area contributed by atoms with E-state index in [2.05, 4.69) is 0 Å². The lowest BCUT2D eigenvalue weighted by molar-refractivity contribution is -0.242. The van der Waals surface area contributed by atoms with Gasteiger partial charge in [-0.1, -0.05) is 0 Å². The average Bonchev–Trinajstić information content (AvgIpc) is 2.62. The van der Waals surface area contributed by atoms with Gasteiger partial charge in [0, 0.05) is 4.90 Å². The Morgan fingerprint density at radius 3 is 2.07 bits per heavy atom. The number of hydrogen-bond donors (Lipinski definition) is 2. The highest BCUT2D eigenvalue weighted by Crippen LogP contribution is 2.32. The van der Waals surface area contributed by atoms with Crippen LogP contribution in [0.3, 0.4) is 0 Å². The Bertz CT molecular complexity index is 987. The quantitative estimate of drug-likeness (QED) is 0.551. The molecule has 0 aromatic heterocycles. The van der Waals surface area contributed by atoms with Crippen molar-refractivity contribution >= 4 is 33.2 Å². The summed E-state index contributed by atoms with van der Waals surface area (Å²) in [5.41, 5.74) is -4.45. The van der Waals surface area contributed by atoms with E-state index in [1.165, 1.54) is 23.9 Å². The summed E-state index contributed by atoms with van der Waals surface area (Å²) in [5, 5.41) is 10.9. The molecule has 0 saturated heterocycles. The molecule has 2 N–H and O–H groups in total. The molecule has 0 bridgehead atoms.